The van der Waals surface area contributed by atoms with Gasteiger partial charge in [0.25, 0.3) is 8.32 Å². The Bertz CT molecular complexity index is 848. The van der Waals surface area contributed by atoms with Crippen LogP contribution in [0.25, 0.3) is 0 Å². The molecule has 3 fully saturated rings. The second-order valence-corrected chi connectivity index (χ2v) is 14.2. The third kappa shape index (κ3) is 3.54. The van der Waals surface area contributed by atoms with Crippen molar-refractivity contribution in [3.8, 4) is 0 Å². The average Bonchev–Trinajstić information content (AvgIpc) is 3.41. The van der Waals surface area contributed by atoms with Crippen LogP contribution in [0.3, 0.4) is 0 Å². The van der Waals surface area contributed by atoms with Crippen molar-refractivity contribution < 1.29 is 49.7 Å². The predicted octanol–water partition coefficient (Wildman–Crippen LogP) is 3.50. The fraction of sp³-hybridized carbons (Fsp3) is 0.480. The van der Waals surface area contributed by atoms with Gasteiger partial charge >= 0.3 is 0 Å². The molecular weight excluding hydrogens is 630 g/mol. The SMILES string of the molecule is CC1C2[CH-]OC1(CO[Si](c1ccccc1)(c1ccccc1)C(C)(C)C)C1OCOC21.[U]. The van der Waals surface area contributed by atoms with E-state index < -0.39 is 13.9 Å². The molecule has 164 valence electrons. The molecule has 2 bridgehead atoms. The first-order chi connectivity index (χ1) is 14.4. The van der Waals surface area contributed by atoms with Crippen LogP contribution in [-0.2, 0) is 18.6 Å². The van der Waals surface area contributed by atoms with Gasteiger partial charge in [0.15, 0.2) is 0 Å². The first-order valence-corrected chi connectivity index (χ1v) is 12.8. The molecule has 1 saturated carbocycles. The van der Waals surface area contributed by atoms with E-state index in [0.29, 0.717) is 19.3 Å². The molecule has 1 aliphatic carbocycles. The Morgan fingerprint density at radius 2 is 1.58 bits per heavy atom. The molecule has 2 saturated heterocycles. The molecule has 31 heavy (non-hydrogen) atoms. The van der Waals surface area contributed by atoms with Crippen molar-refractivity contribution in [2.24, 2.45) is 11.8 Å². The molecule has 5 rings (SSSR count). The zero-order valence-electron chi connectivity index (χ0n) is 18.7. The Kier molecular flexibility index (Phi) is 6.67. The third-order valence-electron chi connectivity index (χ3n) is 7.39. The third-order valence-corrected chi connectivity index (χ3v) is 12.4. The number of hydrogen-bond acceptors (Lipinski definition) is 4. The maximum atomic E-state index is 7.21. The van der Waals surface area contributed by atoms with Crippen LogP contribution in [0.4, 0.5) is 0 Å². The summed E-state index contributed by atoms with van der Waals surface area (Å²) in [5, 5.41) is 2.50. The monoisotopic (exact) mass is 661 g/mol. The Labute approximate surface area is 210 Å². The van der Waals surface area contributed by atoms with Crippen LogP contribution in [0.1, 0.15) is 27.7 Å². The second kappa shape index (κ2) is 8.72. The van der Waals surface area contributed by atoms with Crippen molar-refractivity contribution in [2.45, 2.75) is 50.5 Å². The molecule has 0 amide bonds. The molecule has 5 atom stereocenters. The molecule has 0 spiro atoms. The molecule has 0 N–H and O–H groups in total. The van der Waals surface area contributed by atoms with Gasteiger partial charge < -0.3 is 18.6 Å². The average molecular weight is 662 g/mol. The number of fused-ring (bicyclic) bond motifs is 5. The molecule has 2 aliphatic heterocycles. The van der Waals surface area contributed by atoms with Gasteiger partial charge in [-0.3, -0.25) is 0 Å². The van der Waals surface area contributed by atoms with E-state index in [1.54, 1.807) is 0 Å². The van der Waals surface area contributed by atoms with Crippen molar-refractivity contribution in [3.63, 3.8) is 0 Å². The fourth-order valence-electron chi connectivity index (χ4n) is 5.78. The van der Waals surface area contributed by atoms with E-state index in [2.05, 4.69) is 88.4 Å². The second-order valence-electron chi connectivity index (χ2n) is 9.86. The van der Waals surface area contributed by atoms with E-state index in [1.165, 1.54) is 10.4 Å². The van der Waals surface area contributed by atoms with Crippen LogP contribution in [-0.4, -0.2) is 39.5 Å². The first kappa shape index (κ1) is 23.7. The first-order valence-electron chi connectivity index (χ1n) is 10.9. The van der Waals surface area contributed by atoms with Crippen LogP contribution in [0.5, 0.6) is 0 Å². The largest absolute Gasteiger partial charge is 0.543 e. The van der Waals surface area contributed by atoms with E-state index in [0.717, 1.165) is 0 Å². The van der Waals surface area contributed by atoms with Crippen LogP contribution < -0.4 is 10.4 Å². The van der Waals surface area contributed by atoms with E-state index in [-0.39, 0.29) is 54.3 Å². The minimum Gasteiger partial charge on any atom is -0.543 e. The summed E-state index contributed by atoms with van der Waals surface area (Å²) in [7, 11) is -2.63. The van der Waals surface area contributed by atoms with Crippen LogP contribution in [0.2, 0.25) is 5.04 Å². The summed E-state index contributed by atoms with van der Waals surface area (Å²) >= 11 is 0. The van der Waals surface area contributed by atoms with Crippen molar-refractivity contribution in [1.29, 1.82) is 0 Å². The maximum absolute atomic E-state index is 7.21. The predicted molar refractivity (Wildman–Crippen MR) is 119 cm³/mol. The fourth-order valence-corrected chi connectivity index (χ4v) is 10.4. The topological polar surface area (TPSA) is 36.9 Å². The van der Waals surface area contributed by atoms with Gasteiger partial charge in [0, 0.05) is 31.1 Å². The Balaban J connectivity index is 0.00000231. The standard InChI is InChI=1S/C25H31O4Si.U/c1-18-21-15-28-25(18,23-22(21)26-17-27-23)16-29-30(24(2,3)4,19-11-7-5-8-12-19)20-13-9-6-10-14-20;/h5-15,18,21-23H,16-17H2,1-4H3;/q-1;. The Morgan fingerprint density at radius 3 is 2.13 bits per heavy atom. The number of benzene rings is 2. The molecule has 6 heteroatoms. The minimum absolute atomic E-state index is 0. The normalized spacial score (nSPS) is 32.0. The molecule has 0 radical (unpaired) electrons. The molecule has 2 aromatic rings. The zero-order chi connectivity index (χ0) is 21.0. The molecule has 4 nitrogen and oxygen atoms in total. The maximum Gasteiger partial charge on any atom is 0.261 e. The summed E-state index contributed by atoms with van der Waals surface area (Å²) < 4.78 is 25.4. The van der Waals surface area contributed by atoms with Crippen molar-refractivity contribution in [3.05, 3.63) is 67.3 Å². The van der Waals surface area contributed by atoms with Gasteiger partial charge in [-0.1, -0.05) is 88.4 Å². The van der Waals surface area contributed by atoms with E-state index in [9.17, 15) is 0 Å². The summed E-state index contributed by atoms with van der Waals surface area (Å²) in [5.41, 5.74) is -0.487. The summed E-state index contributed by atoms with van der Waals surface area (Å²) in [6, 6.07) is 21.5. The van der Waals surface area contributed by atoms with Gasteiger partial charge in [-0.2, -0.15) is 0 Å². The van der Waals surface area contributed by atoms with Gasteiger partial charge in [0.2, 0.25) is 0 Å². The minimum atomic E-state index is -2.63. The van der Waals surface area contributed by atoms with Gasteiger partial charge in [-0.05, 0) is 21.3 Å². The van der Waals surface area contributed by atoms with Crippen LogP contribution in [0, 0.1) is 49.6 Å². The molecule has 2 heterocycles. The molecular formula is C25H31O4SiU-. The van der Waals surface area contributed by atoms with Crippen LogP contribution in [0.15, 0.2) is 60.7 Å². The van der Waals surface area contributed by atoms with Crippen LogP contribution >= 0.6 is 0 Å². The molecule has 5 unspecified atom stereocenters. The van der Waals surface area contributed by atoms with Gasteiger partial charge in [-0.15, -0.1) is 5.92 Å². The van der Waals surface area contributed by atoms with Crippen molar-refractivity contribution in [2.75, 3.05) is 13.4 Å². The molecule has 0 aromatic heterocycles. The molecule has 3 aliphatic rings. The van der Waals surface area contributed by atoms with Crippen molar-refractivity contribution >= 4 is 18.7 Å². The summed E-state index contributed by atoms with van der Waals surface area (Å²) in [6.45, 7) is 12.0. The number of hydrogen-bond donors (Lipinski definition) is 0. The van der Waals surface area contributed by atoms with Crippen molar-refractivity contribution in [1.82, 2.24) is 0 Å². The van der Waals surface area contributed by atoms with Gasteiger partial charge in [0.05, 0.1) is 18.3 Å². The number of ether oxygens (including phenoxy) is 3. The molecule has 2 aromatic carbocycles. The van der Waals surface area contributed by atoms with Gasteiger partial charge in [-0.25, -0.2) is 6.61 Å². The summed E-state index contributed by atoms with van der Waals surface area (Å²) in [6.07, 6.45) is 0.0113. The van der Waals surface area contributed by atoms with E-state index in [4.69, 9.17) is 18.6 Å². The quantitative estimate of drug-likeness (QED) is 0.364. The van der Waals surface area contributed by atoms with Gasteiger partial charge in [0.1, 0.15) is 12.9 Å². The van der Waals surface area contributed by atoms with E-state index in [1.807, 2.05) is 6.61 Å². The summed E-state index contributed by atoms with van der Waals surface area (Å²) in [5.74, 6) is 0.561. The number of rotatable bonds is 5. The Hall–Kier alpha value is -0.451. The Morgan fingerprint density at radius 1 is 1.00 bits per heavy atom. The summed E-state index contributed by atoms with van der Waals surface area (Å²) in [4.78, 5) is 0. The zero-order valence-corrected chi connectivity index (χ0v) is 23.9. The van der Waals surface area contributed by atoms with E-state index >= 15 is 0 Å². The smallest absolute Gasteiger partial charge is 0.261 e.